The second kappa shape index (κ2) is 9.20. The highest BCUT2D eigenvalue weighted by Gasteiger charge is 2.15. The van der Waals surface area contributed by atoms with E-state index < -0.39 is 0 Å². The number of aromatic nitrogens is 2. The molecule has 0 unspecified atom stereocenters. The zero-order valence-corrected chi connectivity index (χ0v) is 18.0. The maximum Gasteiger partial charge on any atom is 0.234 e. The summed E-state index contributed by atoms with van der Waals surface area (Å²) in [6.45, 7) is 2.06. The van der Waals surface area contributed by atoms with Crippen LogP contribution in [0.1, 0.15) is 5.56 Å². The van der Waals surface area contributed by atoms with Gasteiger partial charge < -0.3 is 5.32 Å². The van der Waals surface area contributed by atoms with Crippen molar-refractivity contribution in [3.63, 3.8) is 0 Å². The summed E-state index contributed by atoms with van der Waals surface area (Å²) in [4.78, 5) is 17.0. The Hall–Kier alpha value is -3.02. The van der Waals surface area contributed by atoms with Gasteiger partial charge in [0.15, 0.2) is 5.16 Å². The van der Waals surface area contributed by atoms with Crippen molar-refractivity contribution < 1.29 is 4.79 Å². The average molecular weight is 434 g/mol. The summed E-state index contributed by atoms with van der Waals surface area (Å²) in [7, 11) is 0. The fourth-order valence-electron chi connectivity index (χ4n) is 3.05. The van der Waals surface area contributed by atoms with Gasteiger partial charge in [0.05, 0.1) is 17.6 Å². The molecule has 0 fully saturated rings. The number of imidazole rings is 1. The molecular weight excluding hydrogens is 414 g/mol. The standard InChI is InChI=1S/C24H20ClN3OS/c1-17-7-13-21(14-8-17)28-22(18-5-3-2-4-6-18)15-26-24(28)30-16-23(29)27-20-11-9-19(25)10-12-20/h2-15H,16H2,1H3,(H,27,29). The predicted octanol–water partition coefficient (Wildman–Crippen LogP) is 6.23. The highest BCUT2D eigenvalue weighted by molar-refractivity contribution is 7.99. The number of carbonyl (C=O) groups is 1. The number of hydrogen-bond acceptors (Lipinski definition) is 3. The fraction of sp³-hybridized carbons (Fsp3) is 0.0833. The Morgan fingerprint density at radius 1 is 1.00 bits per heavy atom. The lowest BCUT2D eigenvalue weighted by Crippen LogP contribution is -2.14. The predicted molar refractivity (Wildman–Crippen MR) is 125 cm³/mol. The van der Waals surface area contributed by atoms with Gasteiger partial charge in [-0.1, -0.05) is 71.4 Å². The van der Waals surface area contributed by atoms with E-state index in [2.05, 4.69) is 58.2 Å². The van der Waals surface area contributed by atoms with Gasteiger partial charge in [-0.25, -0.2) is 4.98 Å². The molecule has 0 spiro atoms. The molecule has 0 radical (unpaired) electrons. The van der Waals surface area contributed by atoms with Crippen molar-refractivity contribution >= 4 is 35.0 Å². The van der Waals surface area contributed by atoms with Crippen molar-refractivity contribution in [2.24, 2.45) is 0 Å². The first-order valence-electron chi connectivity index (χ1n) is 9.48. The molecular formula is C24H20ClN3OS. The van der Waals surface area contributed by atoms with Gasteiger partial charge in [-0.2, -0.15) is 0 Å². The lowest BCUT2D eigenvalue weighted by molar-refractivity contribution is -0.113. The topological polar surface area (TPSA) is 46.9 Å². The number of anilines is 1. The second-order valence-corrected chi connectivity index (χ2v) is 8.19. The highest BCUT2D eigenvalue weighted by atomic mass is 35.5. The number of hydrogen-bond donors (Lipinski definition) is 1. The molecule has 0 aliphatic heterocycles. The number of aryl methyl sites for hydroxylation is 1. The van der Waals surface area contributed by atoms with Gasteiger partial charge in [0.2, 0.25) is 5.91 Å². The zero-order chi connectivity index (χ0) is 20.9. The number of benzene rings is 3. The Labute approximate surface area is 184 Å². The lowest BCUT2D eigenvalue weighted by Gasteiger charge is -2.12. The third-order valence-corrected chi connectivity index (χ3v) is 5.76. The summed E-state index contributed by atoms with van der Waals surface area (Å²) in [5.41, 5.74) is 4.98. The molecule has 0 aliphatic rings. The molecule has 1 aromatic heterocycles. The van der Waals surface area contributed by atoms with Crippen molar-refractivity contribution in [2.45, 2.75) is 12.1 Å². The Bertz CT molecular complexity index is 1140. The molecule has 0 bridgehead atoms. The number of carbonyl (C=O) groups excluding carboxylic acids is 1. The van der Waals surface area contributed by atoms with Gasteiger partial charge >= 0.3 is 0 Å². The van der Waals surface area contributed by atoms with Crippen molar-refractivity contribution in [3.05, 3.63) is 95.6 Å². The van der Waals surface area contributed by atoms with Crippen LogP contribution in [0, 0.1) is 6.92 Å². The Morgan fingerprint density at radius 2 is 1.70 bits per heavy atom. The van der Waals surface area contributed by atoms with Gasteiger partial charge in [0.25, 0.3) is 0 Å². The Balaban J connectivity index is 1.58. The van der Waals surface area contributed by atoms with E-state index in [1.165, 1.54) is 17.3 Å². The third kappa shape index (κ3) is 4.75. The molecule has 1 N–H and O–H groups in total. The van der Waals surface area contributed by atoms with Crippen LogP contribution in [-0.2, 0) is 4.79 Å². The summed E-state index contributed by atoms with van der Waals surface area (Å²) >= 11 is 7.31. The van der Waals surface area contributed by atoms with Crippen LogP contribution in [0.15, 0.2) is 90.2 Å². The molecule has 6 heteroatoms. The molecule has 1 amide bonds. The number of rotatable bonds is 6. The van der Waals surface area contributed by atoms with E-state index in [-0.39, 0.29) is 11.7 Å². The van der Waals surface area contributed by atoms with Gasteiger partial charge in [0.1, 0.15) is 0 Å². The SMILES string of the molecule is Cc1ccc(-n2c(-c3ccccc3)cnc2SCC(=O)Nc2ccc(Cl)cc2)cc1. The monoisotopic (exact) mass is 433 g/mol. The fourth-order valence-corrected chi connectivity index (χ4v) is 3.97. The van der Waals surface area contributed by atoms with Crippen LogP contribution < -0.4 is 5.32 Å². The number of thioether (sulfide) groups is 1. The number of nitrogens with zero attached hydrogens (tertiary/aromatic N) is 2. The van der Waals surface area contributed by atoms with Crippen molar-refractivity contribution in [2.75, 3.05) is 11.1 Å². The van der Waals surface area contributed by atoms with Gasteiger partial charge in [0, 0.05) is 22.0 Å². The number of halogens is 1. The summed E-state index contributed by atoms with van der Waals surface area (Å²) < 4.78 is 2.09. The highest BCUT2D eigenvalue weighted by Crippen LogP contribution is 2.30. The van der Waals surface area contributed by atoms with Crippen molar-refractivity contribution in [1.29, 1.82) is 0 Å². The Morgan fingerprint density at radius 3 is 2.40 bits per heavy atom. The Kier molecular flexibility index (Phi) is 6.21. The largest absolute Gasteiger partial charge is 0.325 e. The van der Waals surface area contributed by atoms with E-state index in [4.69, 9.17) is 11.6 Å². The van der Waals surface area contributed by atoms with Crippen LogP contribution in [0.4, 0.5) is 5.69 Å². The smallest absolute Gasteiger partial charge is 0.234 e. The maximum atomic E-state index is 12.4. The molecule has 0 atom stereocenters. The van der Waals surface area contributed by atoms with Gasteiger partial charge in [-0.3, -0.25) is 9.36 Å². The summed E-state index contributed by atoms with van der Waals surface area (Å²) in [6.07, 6.45) is 1.86. The molecule has 4 rings (SSSR count). The minimum atomic E-state index is -0.0953. The van der Waals surface area contributed by atoms with E-state index in [0.717, 1.165) is 27.8 Å². The van der Waals surface area contributed by atoms with Crippen LogP contribution in [-0.4, -0.2) is 21.2 Å². The molecule has 30 heavy (non-hydrogen) atoms. The van der Waals surface area contributed by atoms with Crippen LogP contribution in [0.5, 0.6) is 0 Å². The van der Waals surface area contributed by atoms with E-state index in [9.17, 15) is 4.79 Å². The molecule has 4 nitrogen and oxygen atoms in total. The molecule has 1 heterocycles. The first kappa shape index (κ1) is 20.3. The average Bonchev–Trinajstić information content (AvgIpc) is 3.19. The first-order valence-corrected chi connectivity index (χ1v) is 10.8. The normalized spacial score (nSPS) is 10.7. The van der Waals surface area contributed by atoms with Gasteiger partial charge in [-0.15, -0.1) is 0 Å². The number of amides is 1. The molecule has 3 aromatic carbocycles. The third-order valence-electron chi connectivity index (χ3n) is 4.55. The quantitative estimate of drug-likeness (QED) is 0.366. The van der Waals surface area contributed by atoms with Crippen LogP contribution in [0.25, 0.3) is 16.9 Å². The second-order valence-electron chi connectivity index (χ2n) is 6.81. The summed E-state index contributed by atoms with van der Waals surface area (Å²) in [5, 5.41) is 4.29. The van der Waals surface area contributed by atoms with Crippen molar-refractivity contribution in [1.82, 2.24) is 9.55 Å². The summed E-state index contributed by atoms with van der Waals surface area (Å²) in [6, 6.07) is 25.5. The first-order chi connectivity index (χ1) is 14.6. The van der Waals surface area contributed by atoms with E-state index in [0.29, 0.717) is 5.02 Å². The van der Waals surface area contributed by atoms with E-state index in [1.807, 2.05) is 24.4 Å². The van der Waals surface area contributed by atoms with Gasteiger partial charge in [-0.05, 0) is 43.3 Å². The van der Waals surface area contributed by atoms with Crippen LogP contribution in [0.3, 0.4) is 0 Å². The molecule has 0 saturated heterocycles. The van der Waals surface area contributed by atoms with Crippen molar-refractivity contribution in [3.8, 4) is 16.9 Å². The van der Waals surface area contributed by atoms with Crippen LogP contribution in [0.2, 0.25) is 5.02 Å². The van der Waals surface area contributed by atoms with Crippen LogP contribution >= 0.6 is 23.4 Å². The molecule has 4 aromatic rings. The minimum Gasteiger partial charge on any atom is -0.325 e. The maximum absolute atomic E-state index is 12.4. The molecule has 0 saturated carbocycles. The minimum absolute atomic E-state index is 0.0953. The lowest BCUT2D eigenvalue weighted by atomic mass is 10.1. The van der Waals surface area contributed by atoms with E-state index in [1.54, 1.807) is 24.3 Å². The summed E-state index contributed by atoms with van der Waals surface area (Å²) in [5.74, 6) is 0.154. The number of nitrogens with one attached hydrogen (secondary N) is 1. The zero-order valence-electron chi connectivity index (χ0n) is 16.4. The molecule has 150 valence electrons. The molecule has 0 aliphatic carbocycles. The van der Waals surface area contributed by atoms with E-state index >= 15 is 0 Å².